The molecule has 21 heavy (non-hydrogen) atoms. The third kappa shape index (κ3) is 4.51. The Kier molecular flexibility index (Phi) is 5.81. The third-order valence-corrected chi connectivity index (χ3v) is 4.37. The number of sulfonamides is 1. The first-order chi connectivity index (χ1) is 9.81. The van der Waals surface area contributed by atoms with Gasteiger partial charge in [-0.05, 0) is 19.4 Å². The minimum atomic E-state index is -4.03. The van der Waals surface area contributed by atoms with Crippen molar-refractivity contribution in [1.29, 1.82) is 5.26 Å². The van der Waals surface area contributed by atoms with Gasteiger partial charge in [-0.2, -0.15) is 9.98 Å². The highest BCUT2D eigenvalue weighted by Gasteiger charge is 2.25. The first-order valence-electron chi connectivity index (χ1n) is 6.43. The molecule has 1 aromatic rings. The molecule has 1 aromatic heterocycles. The van der Waals surface area contributed by atoms with Gasteiger partial charge in [0.2, 0.25) is 10.0 Å². The van der Waals surface area contributed by atoms with Gasteiger partial charge < -0.3 is 5.11 Å². The van der Waals surface area contributed by atoms with Crippen LogP contribution in [-0.4, -0.2) is 30.5 Å². The summed E-state index contributed by atoms with van der Waals surface area (Å²) in [5.41, 5.74) is 0.551. The number of carbonyl (C=O) groups is 1. The number of nitriles is 1. The van der Waals surface area contributed by atoms with Crippen LogP contribution < -0.4 is 4.72 Å². The molecular weight excluding hydrogens is 294 g/mol. The van der Waals surface area contributed by atoms with Crippen LogP contribution in [0.4, 0.5) is 0 Å². The van der Waals surface area contributed by atoms with E-state index in [1.54, 1.807) is 6.92 Å². The van der Waals surface area contributed by atoms with Gasteiger partial charge in [-0.25, -0.2) is 8.42 Å². The summed E-state index contributed by atoms with van der Waals surface area (Å²) in [5.74, 6) is -1.23. The Morgan fingerprint density at radius 1 is 1.57 bits per heavy atom. The maximum atomic E-state index is 12.2. The molecular formula is C13H17N3O4S. The Morgan fingerprint density at radius 2 is 2.24 bits per heavy atom. The van der Waals surface area contributed by atoms with E-state index in [0.29, 0.717) is 12.1 Å². The monoisotopic (exact) mass is 311 g/mol. The van der Waals surface area contributed by atoms with Gasteiger partial charge in [-0.3, -0.25) is 9.78 Å². The van der Waals surface area contributed by atoms with E-state index in [4.69, 9.17) is 10.4 Å². The van der Waals surface area contributed by atoms with Gasteiger partial charge in [-0.15, -0.1) is 0 Å². The Hall–Kier alpha value is -1.98. The zero-order valence-electron chi connectivity index (χ0n) is 11.8. The predicted octanol–water partition coefficient (Wildman–Crippen LogP) is 1.18. The first kappa shape index (κ1) is 17.1. The summed E-state index contributed by atoms with van der Waals surface area (Å²) in [4.78, 5) is 14.7. The van der Waals surface area contributed by atoms with E-state index in [1.807, 2.05) is 13.0 Å². The molecule has 2 N–H and O–H groups in total. The molecule has 0 aromatic carbocycles. The molecule has 0 aliphatic carbocycles. The van der Waals surface area contributed by atoms with Crippen molar-refractivity contribution in [3.05, 3.63) is 23.5 Å². The average Bonchev–Trinajstić information content (AvgIpc) is 2.43. The summed E-state index contributed by atoms with van der Waals surface area (Å²) in [6, 6.07) is 1.84. The van der Waals surface area contributed by atoms with Crippen molar-refractivity contribution in [1.82, 2.24) is 9.71 Å². The van der Waals surface area contributed by atoms with Crippen molar-refractivity contribution >= 4 is 16.0 Å². The number of nitrogens with one attached hydrogen (secondary N) is 1. The predicted molar refractivity (Wildman–Crippen MR) is 75.0 cm³/mol. The normalized spacial score (nSPS) is 12.6. The number of pyridine rings is 1. The van der Waals surface area contributed by atoms with E-state index in [2.05, 4.69) is 9.71 Å². The third-order valence-electron chi connectivity index (χ3n) is 2.93. The van der Waals surface area contributed by atoms with Crippen molar-refractivity contribution in [2.24, 2.45) is 0 Å². The number of carboxylic acids is 1. The zero-order valence-corrected chi connectivity index (χ0v) is 12.6. The molecule has 0 saturated heterocycles. The number of aliphatic carboxylic acids is 1. The zero-order chi connectivity index (χ0) is 16.0. The molecule has 0 radical (unpaired) electrons. The molecule has 1 atom stereocenters. The topological polar surface area (TPSA) is 120 Å². The van der Waals surface area contributed by atoms with Crippen LogP contribution in [0.5, 0.6) is 0 Å². The number of rotatable bonds is 7. The number of unbranched alkanes of at least 4 members (excludes halogenated alkanes) is 1. The molecule has 1 rings (SSSR count). The summed E-state index contributed by atoms with van der Waals surface area (Å²) in [6.45, 7) is 3.47. The van der Waals surface area contributed by atoms with Crippen molar-refractivity contribution in [2.75, 3.05) is 0 Å². The van der Waals surface area contributed by atoms with Crippen molar-refractivity contribution in [2.45, 2.75) is 44.0 Å². The van der Waals surface area contributed by atoms with Gasteiger partial charge in [0.25, 0.3) is 0 Å². The molecule has 0 spiro atoms. The molecule has 0 fully saturated rings. The van der Waals surface area contributed by atoms with E-state index in [-0.39, 0.29) is 16.9 Å². The number of hydrogen-bond acceptors (Lipinski definition) is 5. The Bertz CT molecular complexity index is 664. The molecule has 0 aliphatic rings. The second kappa shape index (κ2) is 7.15. The van der Waals surface area contributed by atoms with E-state index in [9.17, 15) is 13.2 Å². The minimum Gasteiger partial charge on any atom is -0.480 e. The number of carboxylic acid groups (broad SMARTS) is 1. The van der Waals surface area contributed by atoms with Crippen LogP contribution in [0.25, 0.3) is 0 Å². The van der Waals surface area contributed by atoms with E-state index in [1.165, 1.54) is 6.07 Å². The van der Waals surface area contributed by atoms with Crippen LogP contribution in [0.3, 0.4) is 0 Å². The second-order valence-electron chi connectivity index (χ2n) is 4.57. The van der Waals surface area contributed by atoms with E-state index in [0.717, 1.165) is 12.6 Å². The first-order valence-corrected chi connectivity index (χ1v) is 7.92. The fourth-order valence-electron chi connectivity index (χ4n) is 1.67. The van der Waals surface area contributed by atoms with E-state index < -0.39 is 22.0 Å². The lowest BCUT2D eigenvalue weighted by atomic mass is 10.1. The fraction of sp³-hybridized carbons (Fsp3) is 0.462. The number of hydrogen-bond donors (Lipinski definition) is 2. The SMILES string of the molecule is CCCCC(NS(=O)(=O)c1cnc(C)c(C#N)c1)C(=O)O. The molecule has 0 saturated carbocycles. The quantitative estimate of drug-likeness (QED) is 0.780. The Labute approximate surface area is 123 Å². The van der Waals surface area contributed by atoms with Crippen LogP contribution in [0.2, 0.25) is 0 Å². The lowest BCUT2D eigenvalue weighted by Crippen LogP contribution is -2.40. The molecule has 0 bridgehead atoms. The maximum absolute atomic E-state index is 12.2. The second-order valence-corrected chi connectivity index (χ2v) is 6.28. The van der Waals surface area contributed by atoms with Gasteiger partial charge in [-0.1, -0.05) is 19.8 Å². The summed E-state index contributed by atoms with van der Waals surface area (Å²) in [6.07, 6.45) is 2.66. The van der Waals surface area contributed by atoms with Crippen LogP contribution in [0.1, 0.15) is 37.4 Å². The largest absolute Gasteiger partial charge is 0.480 e. The summed E-state index contributed by atoms with van der Waals surface area (Å²) < 4.78 is 26.5. The lowest BCUT2D eigenvalue weighted by Gasteiger charge is -2.14. The maximum Gasteiger partial charge on any atom is 0.321 e. The fourth-order valence-corrected chi connectivity index (χ4v) is 2.86. The minimum absolute atomic E-state index is 0.137. The summed E-state index contributed by atoms with van der Waals surface area (Å²) in [7, 11) is -4.03. The molecule has 114 valence electrons. The molecule has 7 nitrogen and oxygen atoms in total. The van der Waals surface area contributed by atoms with Gasteiger partial charge in [0.05, 0.1) is 11.3 Å². The van der Waals surface area contributed by atoms with Crippen LogP contribution in [-0.2, 0) is 14.8 Å². The number of aromatic nitrogens is 1. The van der Waals surface area contributed by atoms with Crippen LogP contribution in [0, 0.1) is 18.3 Å². The Morgan fingerprint density at radius 3 is 2.76 bits per heavy atom. The van der Waals surface area contributed by atoms with E-state index >= 15 is 0 Å². The van der Waals surface area contributed by atoms with Gasteiger partial charge in [0, 0.05) is 6.20 Å². The molecule has 1 heterocycles. The number of aryl methyl sites for hydroxylation is 1. The highest BCUT2D eigenvalue weighted by molar-refractivity contribution is 7.89. The highest BCUT2D eigenvalue weighted by Crippen LogP contribution is 2.14. The van der Waals surface area contributed by atoms with Gasteiger partial charge >= 0.3 is 5.97 Å². The summed E-state index contributed by atoms with van der Waals surface area (Å²) in [5, 5.41) is 18.0. The molecule has 1 unspecified atom stereocenters. The van der Waals surface area contributed by atoms with Crippen LogP contribution in [0.15, 0.2) is 17.2 Å². The number of nitrogens with zero attached hydrogens (tertiary/aromatic N) is 2. The van der Waals surface area contributed by atoms with Crippen molar-refractivity contribution in [3.63, 3.8) is 0 Å². The van der Waals surface area contributed by atoms with Crippen molar-refractivity contribution in [3.8, 4) is 6.07 Å². The molecule has 8 heteroatoms. The molecule has 0 amide bonds. The van der Waals surface area contributed by atoms with Gasteiger partial charge in [0.1, 0.15) is 17.0 Å². The molecule has 0 aliphatic heterocycles. The standard InChI is InChI=1S/C13H17N3O4S/c1-3-4-5-12(13(17)18)16-21(19,20)11-6-10(7-14)9(2)15-8-11/h6,8,12,16H,3-5H2,1-2H3,(H,17,18). The van der Waals surface area contributed by atoms with Crippen LogP contribution >= 0.6 is 0 Å². The highest BCUT2D eigenvalue weighted by atomic mass is 32.2. The van der Waals surface area contributed by atoms with Crippen molar-refractivity contribution < 1.29 is 18.3 Å². The summed E-state index contributed by atoms with van der Waals surface area (Å²) >= 11 is 0. The smallest absolute Gasteiger partial charge is 0.321 e. The Balaban J connectivity index is 3.05. The van der Waals surface area contributed by atoms with Gasteiger partial charge in [0.15, 0.2) is 0 Å². The lowest BCUT2D eigenvalue weighted by molar-refractivity contribution is -0.139. The average molecular weight is 311 g/mol.